The van der Waals surface area contributed by atoms with Gasteiger partial charge in [0.25, 0.3) is 5.91 Å². The number of alkyl halides is 3. The molecule has 1 aromatic heterocycles. The first-order valence-electron chi connectivity index (χ1n) is 10.2. The van der Waals surface area contributed by atoms with Crippen molar-refractivity contribution >= 4 is 11.6 Å². The van der Waals surface area contributed by atoms with Gasteiger partial charge in [-0.1, -0.05) is 12.1 Å². The van der Waals surface area contributed by atoms with Crippen LogP contribution in [0, 0.1) is 0 Å². The molecule has 0 unspecified atom stereocenters. The number of amides is 1. The Morgan fingerprint density at radius 3 is 2.70 bits per heavy atom. The van der Waals surface area contributed by atoms with Crippen molar-refractivity contribution in [3.05, 3.63) is 47.8 Å². The summed E-state index contributed by atoms with van der Waals surface area (Å²) in [6.07, 6.45) is 1.65. The maximum atomic E-state index is 12.5. The second-order valence-electron chi connectivity index (χ2n) is 8.26. The van der Waals surface area contributed by atoms with Crippen LogP contribution in [0.1, 0.15) is 41.1 Å². The number of nitrogens with zero attached hydrogens (tertiary/aromatic N) is 3. The first-order chi connectivity index (χ1) is 14.3. The molecule has 2 aliphatic rings. The Morgan fingerprint density at radius 2 is 2.03 bits per heavy atom. The van der Waals surface area contributed by atoms with Crippen molar-refractivity contribution in [1.82, 2.24) is 20.0 Å². The zero-order valence-electron chi connectivity index (χ0n) is 16.8. The molecule has 2 aromatic rings. The van der Waals surface area contributed by atoms with Gasteiger partial charge >= 0.3 is 6.18 Å². The molecule has 1 aliphatic carbocycles. The van der Waals surface area contributed by atoms with Crippen molar-refractivity contribution in [2.75, 3.05) is 25.0 Å². The summed E-state index contributed by atoms with van der Waals surface area (Å²) in [5.41, 5.74) is 2.36. The summed E-state index contributed by atoms with van der Waals surface area (Å²) in [4.78, 5) is 14.0. The predicted octanol–water partition coefficient (Wildman–Crippen LogP) is 3.14. The average molecular weight is 421 g/mol. The molecule has 1 aliphatic heterocycles. The van der Waals surface area contributed by atoms with Gasteiger partial charge in [0.05, 0.1) is 18.4 Å². The van der Waals surface area contributed by atoms with E-state index in [9.17, 15) is 18.0 Å². The minimum Gasteiger partial charge on any atom is -0.319 e. The molecule has 1 amide bonds. The van der Waals surface area contributed by atoms with Gasteiger partial charge < -0.3 is 10.6 Å². The highest BCUT2D eigenvalue weighted by atomic mass is 19.4. The lowest BCUT2D eigenvalue weighted by Crippen LogP contribution is -2.46. The monoisotopic (exact) mass is 421 g/mol. The van der Waals surface area contributed by atoms with Crippen molar-refractivity contribution in [3.8, 4) is 0 Å². The summed E-state index contributed by atoms with van der Waals surface area (Å²) in [6.45, 7) is 0.122. The first kappa shape index (κ1) is 20.9. The van der Waals surface area contributed by atoms with Gasteiger partial charge in [-0.2, -0.15) is 18.3 Å². The van der Waals surface area contributed by atoms with Crippen LogP contribution in [0.4, 0.5) is 18.9 Å². The van der Waals surface area contributed by atoms with Gasteiger partial charge in [-0.3, -0.25) is 14.4 Å². The zero-order chi connectivity index (χ0) is 21.3. The highest BCUT2D eigenvalue weighted by molar-refractivity contribution is 6.04. The van der Waals surface area contributed by atoms with E-state index in [2.05, 4.69) is 15.7 Å². The van der Waals surface area contributed by atoms with Crippen LogP contribution in [-0.4, -0.2) is 58.5 Å². The van der Waals surface area contributed by atoms with Gasteiger partial charge in [-0.15, -0.1) is 0 Å². The Hall–Kier alpha value is -2.39. The lowest BCUT2D eigenvalue weighted by Gasteiger charge is -2.33. The maximum absolute atomic E-state index is 12.5. The summed E-state index contributed by atoms with van der Waals surface area (Å²) in [7, 11) is 1.79. The molecule has 2 heterocycles. The Morgan fingerprint density at radius 1 is 1.27 bits per heavy atom. The van der Waals surface area contributed by atoms with Gasteiger partial charge in [-0.25, -0.2) is 0 Å². The van der Waals surface area contributed by atoms with Crippen LogP contribution in [0.5, 0.6) is 0 Å². The molecule has 0 bridgehead atoms. The van der Waals surface area contributed by atoms with Crippen LogP contribution < -0.4 is 10.6 Å². The molecule has 1 saturated carbocycles. The van der Waals surface area contributed by atoms with E-state index in [0.717, 1.165) is 24.8 Å². The number of piperidine rings is 1. The van der Waals surface area contributed by atoms with E-state index in [1.807, 2.05) is 18.2 Å². The Balaban J connectivity index is 1.27. The minimum absolute atomic E-state index is 0.174. The number of aryl methyl sites for hydroxylation is 1. The topological polar surface area (TPSA) is 62.2 Å². The van der Waals surface area contributed by atoms with E-state index in [1.54, 1.807) is 30.2 Å². The number of aromatic nitrogens is 2. The van der Waals surface area contributed by atoms with Crippen LogP contribution in [0.3, 0.4) is 0 Å². The highest BCUT2D eigenvalue weighted by Gasteiger charge is 2.40. The quantitative estimate of drug-likeness (QED) is 0.752. The number of halogens is 3. The molecule has 6 nitrogen and oxygen atoms in total. The molecular weight excluding hydrogens is 395 g/mol. The van der Waals surface area contributed by atoms with Crippen LogP contribution >= 0.6 is 0 Å². The molecule has 0 radical (unpaired) electrons. The van der Waals surface area contributed by atoms with E-state index >= 15 is 0 Å². The van der Waals surface area contributed by atoms with Crippen LogP contribution in [0.25, 0.3) is 0 Å². The summed E-state index contributed by atoms with van der Waals surface area (Å²) < 4.78 is 39.2. The summed E-state index contributed by atoms with van der Waals surface area (Å²) >= 11 is 0. The second kappa shape index (κ2) is 8.39. The number of hydrogen-bond acceptors (Lipinski definition) is 4. The molecule has 9 heteroatoms. The minimum atomic E-state index is -4.13. The van der Waals surface area contributed by atoms with E-state index in [-0.39, 0.29) is 11.9 Å². The molecule has 1 saturated heterocycles. The Labute approximate surface area is 173 Å². The third kappa shape index (κ3) is 5.40. The van der Waals surface area contributed by atoms with Crippen molar-refractivity contribution in [1.29, 1.82) is 0 Å². The molecule has 0 spiro atoms. The Kier molecular flexibility index (Phi) is 5.84. The van der Waals surface area contributed by atoms with Crippen LogP contribution in [-0.2, 0) is 7.05 Å². The number of benzene rings is 1. The normalized spacial score (nSPS) is 22.8. The molecule has 2 N–H and O–H groups in total. The molecular formula is C21H26F3N5O. The van der Waals surface area contributed by atoms with Crippen molar-refractivity contribution in [3.63, 3.8) is 0 Å². The van der Waals surface area contributed by atoms with E-state index in [4.69, 9.17) is 0 Å². The summed E-state index contributed by atoms with van der Waals surface area (Å²) in [6, 6.07) is 8.19. The van der Waals surface area contributed by atoms with Gasteiger partial charge in [0.2, 0.25) is 0 Å². The predicted molar refractivity (Wildman–Crippen MR) is 107 cm³/mol. The van der Waals surface area contributed by atoms with Crippen molar-refractivity contribution < 1.29 is 18.0 Å². The first-order valence-corrected chi connectivity index (χ1v) is 10.2. The van der Waals surface area contributed by atoms with Gasteiger partial charge in [0, 0.05) is 36.8 Å². The van der Waals surface area contributed by atoms with Crippen molar-refractivity contribution in [2.24, 2.45) is 7.05 Å². The molecule has 4 rings (SSSR count). The van der Waals surface area contributed by atoms with Gasteiger partial charge in [-0.05, 0) is 50.0 Å². The third-order valence-corrected chi connectivity index (χ3v) is 5.77. The van der Waals surface area contributed by atoms with Gasteiger partial charge in [0.15, 0.2) is 0 Å². The fourth-order valence-corrected chi connectivity index (χ4v) is 4.16. The number of rotatable bonds is 6. The number of hydrogen-bond donors (Lipinski definition) is 2. The number of carbonyl (C=O) groups excluding carboxylic acids is 1. The maximum Gasteiger partial charge on any atom is 0.401 e. The number of carbonyl (C=O) groups is 1. The number of likely N-dealkylation sites (tertiary alicyclic amines) is 1. The zero-order valence-corrected chi connectivity index (χ0v) is 16.8. The SMILES string of the molecule is Cn1cc(NC(=O)c2cccc([C@@H]3C[C@H]3NC3CCN(CC(F)(F)F)CC3)c2)cn1. The van der Waals surface area contributed by atoms with E-state index < -0.39 is 12.7 Å². The van der Waals surface area contributed by atoms with Crippen LogP contribution in [0.2, 0.25) is 0 Å². The summed E-state index contributed by atoms with van der Waals surface area (Å²) in [5.74, 6) is 0.163. The molecule has 2 atom stereocenters. The molecule has 162 valence electrons. The lowest BCUT2D eigenvalue weighted by atomic mass is 10.0. The summed E-state index contributed by atoms with van der Waals surface area (Å²) in [5, 5.41) is 10.5. The molecule has 30 heavy (non-hydrogen) atoms. The number of nitrogens with one attached hydrogen (secondary N) is 2. The Bertz CT molecular complexity index is 889. The highest BCUT2D eigenvalue weighted by Crippen LogP contribution is 2.41. The second-order valence-corrected chi connectivity index (χ2v) is 8.26. The van der Waals surface area contributed by atoms with Gasteiger partial charge in [0.1, 0.15) is 0 Å². The largest absolute Gasteiger partial charge is 0.401 e. The lowest BCUT2D eigenvalue weighted by molar-refractivity contribution is -0.148. The van der Waals surface area contributed by atoms with E-state index in [0.29, 0.717) is 36.3 Å². The van der Waals surface area contributed by atoms with Crippen LogP contribution in [0.15, 0.2) is 36.7 Å². The average Bonchev–Trinajstić information content (AvgIpc) is 3.34. The van der Waals surface area contributed by atoms with Crippen molar-refractivity contribution in [2.45, 2.75) is 43.4 Å². The molecule has 1 aromatic carbocycles. The standard InChI is InChI=1S/C21H26F3N5O/c1-28-12-17(11-25-28)27-20(30)15-4-2-3-14(9-15)18-10-19(18)26-16-5-7-29(8-6-16)13-21(22,23)24/h2-4,9,11-12,16,18-19,26H,5-8,10,13H2,1H3,(H,27,30)/t18-,19+/m0/s1. The third-order valence-electron chi connectivity index (χ3n) is 5.77. The van der Waals surface area contributed by atoms with E-state index in [1.165, 1.54) is 4.90 Å². The molecule has 2 fully saturated rings. The number of anilines is 1. The fourth-order valence-electron chi connectivity index (χ4n) is 4.16. The fraction of sp³-hybridized carbons (Fsp3) is 0.524. The smallest absolute Gasteiger partial charge is 0.319 e.